The molecule has 4 heterocycles. The first-order chi connectivity index (χ1) is 18.0. The van der Waals surface area contributed by atoms with Gasteiger partial charge in [-0.25, -0.2) is 4.98 Å². The Morgan fingerprint density at radius 1 is 0.700 bits per heavy atom. The molecule has 4 aromatic rings. The molecule has 0 aromatic carbocycles. The molecular formula is C20H20F6N8O3PtS2. The zero-order valence-corrected chi connectivity index (χ0v) is 24.7. The van der Waals surface area contributed by atoms with Crippen LogP contribution in [-0.2, 0) is 55.0 Å². The van der Waals surface area contributed by atoms with Crippen LogP contribution in [0.1, 0.15) is 11.6 Å². The van der Waals surface area contributed by atoms with Crippen LogP contribution in [0.25, 0.3) is 23.0 Å². The molecule has 4 aromatic heterocycles. The number of aromatic nitrogens is 8. The van der Waals surface area contributed by atoms with Crippen LogP contribution in [0.2, 0.25) is 0 Å². The molecule has 1 N–H and O–H groups in total. The summed E-state index contributed by atoms with van der Waals surface area (Å²) >= 11 is 0. The second-order valence-electron chi connectivity index (χ2n) is 7.01. The fourth-order valence-electron chi connectivity index (χ4n) is 1.96. The Bertz CT molecular complexity index is 1270. The van der Waals surface area contributed by atoms with Crippen molar-refractivity contribution in [3.8, 4) is 28.8 Å². The maximum absolute atomic E-state index is 12.5. The summed E-state index contributed by atoms with van der Waals surface area (Å²) in [6.45, 7) is 0. The van der Waals surface area contributed by atoms with E-state index < -0.39 is 57.2 Å². The van der Waals surface area contributed by atoms with Crippen molar-refractivity contribution >= 4 is 21.6 Å². The minimum absolute atomic E-state index is 0. The molecule has 0 radical (unpaired) electrons. The van der Waals surface area contributed by atoms with Gasteiger partial charge in [0, 0.05) is 59.0 Å². The fraction of sp³-hybridized carbons (Fsp3) is 0.300. The van der Waals surface area contributed by atoms with E-state index in [2.05, 4.69) is 40.3 Å². The van der Waals surface area contributed by atoms with Gasteiger partial charge < -0.3 is 25.3 Å². The third kappa shape index (κ3) is 14.4. The number of hydrogen-bond donors (Lipinski definition) is 1. The van der Waals surface area contributed by atoms with Crippen LogP contribution in [0, 0.1) is 0 Å². The Labute approximate surface area is 242 Å². The summed E-state index contributed by atoms with van der Waals surface area (Å²) in [4.78, 5) is 13.9. The van der Waals surface area contributed by atoms with E-state index in [9.17, 15) is 34.8 Å². The van der Waals surface area contributed by atoms with Crippen LogP contribution >= 0.6 is 0 Å². The van der Waals surface area contributed by atoms with Gasteiger partial charge in [0.2, 0.25) is 0 Å². The van der Waals surface area contributed by atoms with Crippen LogP contribution in [0.3, 0.4) is 0 Å². The Morgan fingerprint density at radius 3 is 1.30 bits per heavy atom. The standard InChI is InChI=1S/C11H3F6N7.C5H5NO.2C2H6OS.Pt/c12-10(13,14)8-19-6(21-23-8)4-2-1-3-5(18-4)7-20-9(24-22-7)11(15,16)17;7-5-1-3-6-4-2-5;2*1-4(2)3;/h1-3H;1-4H,(H,6,7);2*1-2H3;/q-2;;;;+2. The fourth-order valence-corrected chi connectivity index (χ4v) is 1.96. The Morgan fingerprint density at radius 2 is 1.05 bits per heavy atom. The van der Waals surface area contributed by atoms with E-state index in [4.69, 9.17) is 5.11 Å². The van der Waals surface area contributed by atoms with E-state index in [1.807, 2.05) is 0 Å². The SMILES string of the molecule is CS(C)=O.CS(C)=O.FC(F)(F)c1n[n-]c(-c2cccc(-c3nc(C(F)(F)F)n[n-]3)n2)n1.Oc1ccncc1.[Pt+2]. The molecule has 0 aliphatic rings. The van der Waals surface area contributed by atoms with Crippen LogP contribution in [0.5, 0.6) is 5.75 Å². The molecular weight excluding hydrogens is 773 g/mol. The van der Waals surface area contributed by atoms with Gasteiger partial charge in [0.1, 0.15) is 17.4 Å². The van der Waals surface area contributed by atoms with Gasteiger partial charge in [0.25, 0.3) is 0 Å². The predicted octanol–water partition coefficient (Wildman–Crippen LogP) is 2.72. The van der Waals surface area contributed by atoms with E-state index in [0.717, 1.165) is 0 Å². The molecule has 0 saturated heterocycles. The number of halogens is 6. The van der Waals surface area contributed by atoms with Crippen LogP contribution in [0.4, 0.5) is 26.3 Å². The number of pyridine rings is 2. The van der Waals surface area contributed by atoms with E-state index in [1.54, 1.807) is 25.0 Å². The van der Waals surface area contributed by atoms with Crippen molar-refractivity contribution in [3.05, 3.63) is 54.4 Å². The second-order valence-corrected chi connectivity index (χ2v) is 9.98. The maximum atomic E-state index is 12.5. The molecule has 20 heteroatoms. The Hall–Kier alpha value is -3.05. The van der Waals surface area contributed by atoms with Crippen LogP contribution in [-0.4, -0.2) is 68.7 Å². The minimum Gasteiger partial charge on any atom is -0.508 e. The molecule has 0 bridgehead atoms. The van der Waals surface area contributed by atoms with Crippen molar-refractivity contribution < 1.29 is 60.9 Å². The van der Waals surface area contributed by atoms with Crippen molar-refractivity contribution in [2.24, 2.45) is 0 Å². The molecule has 222 valence electrons. The van der Waals surface area contributed by atoms with Gasteiger partial charge in [0.05, 0.1) is 11.4 Å². The maximum Gasteiger partial charge on any atom is 2.00 e. The first-order valence-electron chi connectivity index (χ1n) is 9.96. The number of rotatable bonds is 2. The molecule has 0 unspecified atom stereocenters. The van der Waals surface area contributed by atoms with E-state index in [0.29, 0.717) is 0 Å². The van der Waals surface area contributed by atoms with Gasteiger partial charge in [-0.3, -0.25) is 23.6 Å². The van der Waals surface area contributed by atoms with Gasteiger partial charge in [-0.1, -0.05) is 6.07 Å². The van der Waals surface area contributed by atoms with Gasteiger partial charge >= 0.3 is 33.4 Å². The third-order valence-electron chi connectivity index (χ3n) is 3.28. The summed E-state index contributed by atoms with van der Waals surface area (Å²) in [5.74, 6) is -3.50. The number of hydrogen-bond acceptors (Lipinski definition) is 9. The van der Waals surface area contributed by atoms with Crippen molar-refractivity contribution in [1.82, 2.24) is 40.3 Å². The van der Waals surface area contributed by atoms with Crippen molar-refractivity contribution in [1.29, 1.82) is 0 Å². The second kappa shape index (κ2) is 16.9. The average molecular weight is 794 g/mol. The van der Waals surface area contributed by atoms with E-state index in [-0.39, 0.29) is 38.2 Å². The van der Waals surface area contributed by atoms with Crippen molar-refractivity contribution in [2.45, 2.75) is 12.4 Å². The Kier molecular flexibility index (Phi) is 15.6. The summed E-state index contributed by atoms with van der Waals surface area (Å²) in [6, 6.07) is 6.91. The molecule has 0 saturated carbocycles. The van der Waals surface area contributed by atoms with Gasteiger partial charge in [-0.05, 0) is 35.9 Å². The molecule has 4 rings (SSSR count). The van der Waals surface area contributed by atoms with Crippen molar-refractivity contribution in [3.63, 3.8) is 0 Å². The van der Waals surface area contributed by atoms with Crippen LogP contribution < -0.4 is 10.2 Å². The quantitative estimate of drug-likeness (QED) is 0.298. The summed E-state index contributed by atoms with van der Waals surface area (Å²) in [5, 5.41) is 20.9. The molecule has 0 amide bonds. The predicted molar refractivity (Wildman–Crippen MR) is 129 cm³/mol. The summed E-state index contributed by atoms with van der Waals surface area (Å²) in [6.07, 6.45) is 0.0804. The first kappa shape index (κ1) is 36.9. The molecule has 0 aliphatic carbocycles. The molecule has 0 atom stereocenters. The Balaban J connectivity index is 0.000000781. The number of alkyl halides is 6. The molecule has 0 fully saturated rings. The topological polar surface area (TPSA) is 160 Å². The molecule has 11 nitrogen and oxygen atoms in total. The smallest absolute Gasteiger partial charge is 0.508 e. The minimum atomic E-state index is -4.77. The largest absolute Gasteiger partial charge is 2.00 e. The van der Waals surface area contributed by atoms with Gasteiger partial charge in [-0.15, -0.1) is 0 Å². The normalized spacial score (nSPS) is 10.8. The summed E-state index contributed by atoms with van der Waals surface area (Å²) in [7, 11) is -1.22. The third-order valence-corrected chi connectivity index (χ3v) is 3.28. The van der Waals surface area contributed by atoms with Gasteiger partial charge in [0.15, 0.2) is 0 Å². The van der Waals surface area contributed by atoms with Crippen molar-refractivity contribution in [2.75, 3.05) is 25.0 Å². The molecule has 0 spiro atoms. The molecule has 0 aliphatic heterocycles. The number of nitrogens with zero attached hydrogens (tertiary/aromatic N) is 8. The average Bonchev–Trinajstić information content (AvgIpc) is 3.50. The van der Waals surface area contributed by atoms with E-state index in [1.165, 1.54) is 42.7 Å². The zero-order chi connectivity index (χ0) is 29.8. The summed E-state index contributed by atoms with van der Waals surface area (Å²) < 4.78 is 93.8. The zero-order valence-electron chi connectivity index (χ0n) is 20.8. The number of aromatic hydroxyl groups is 1. The summed E-state index contributed by atoms with van der Waals surface area (Å²) in [5.41, 5.74) is -0.261. The van der Waals surface area contributed by atoms with E-state index >= 15 is 0 Å². The van der Waals surface area contributed by atoms with Gasteiger partial charge in [-0.2, -0.15) is 26.3 Å². The molecule has 40 heavy (non-hydrogen) atoms. The monoisotopic (exact) mass is 793 g/mol. The van der Waals surface area contributed by atoms with Crippen LogP contribution in [0.15, 0.2) is 42.7 Å². The first-order valence-corrected chi connectivity index (χ1v) is 13.9.